The summed E-state index contributed by atoms with van der Waals surface area (Å²) in [6.07, 6.45) is 0.545. The third kappa shape index (κ3) is 3.58. The fourth-order valence-electron chi connectivity index (χ4n) is 2.21. The minimum Gasteiger partial charge on any atom is -0.324 e. The van der Waals surface area contributed by atoms with Gasteiger partial charge in [0.15, 0.2) is 0 Å². The van der Waals surface area contributed by atoms with Gasteiger partial charge >= 0.3 is 17.8 Å². The molecular formula is C15H16BrN3O4. The fourth-order valence-corrected chi connectivity index (χ4v) is 2.69. The molecule has 1 saturated heterocycles. The van der Waals surface area contributed by atoms with Crippen LogP contribution in [0.3, 0.4) is 0 Å². The van der Waals surface area contributed by atoms with E-state index in [0.717, 1.165) is 14.9 Å². The molecule has 1 aromatic rings. The first-order chi connectivity index (χ1) is 10.8. The predicted octanol–water partition coefficient (Wildman–Crippen LogP) is 1.90. The third-order valence-corrected chi connectivity index (χ3v) is 3.84. The van der Waals surface area contributed by atoms with E-state index in [1.807, 2.05) is 13.0 Å². The predicted molar refractivity (Wildman–Crippen MR) is 86.6 cm³/mol. The highest BCUT2D eigenvalue weighted by atomic mass is 79.9. The molecule has 122 valence electrons. The van der Waals surface area contributed by atoms with Crippen LogP contribution < -0.4 is 5.32 Å². The molecule has 0 spiro atoms. The molecule has 1 N–H and O–H groups in total. The maximum atomic E-state index is 12.1. The second-order valence-corrected chi connectivity index (χ2v) is 6.05. The summed E-state index contributed by atoms with van der Waals surface area (Å²) >= 11 is 3.32. The van der Waals surface area contributed by atoms with Gasteiger partial charge in [-0.1, -0.05) is 22.9 Å². The zero-order valence-electron chi connectivity index (χ0n) is 12.8. The smallest absolute Gasteiger partial charge is 0.324 e. The van der Waals surface area contributed by atoms with Crippen molar-refractivity contribution in [2.45, 2.75) is 20.3 Å². The van der Waals surface area contributed by atoms with Crippen molar-refractivity contribution in [1.29, 1.82) is 0 Å². The molecule has 0 aliphatic carbocycles. The van der Waals surface area contributed by atoms with Gasteiger partial charge in [-0.25, -0.2) is 9.69 Å². The molecular weight excluding hydrogens is 366 g/mol. The van der Waals surface area contributed by atoms with Crippen LogP contribution in [0.5, 0.6) is 0 Å². The second-order valence-electron chi connectivity index (χ2n) is 5.14. The summed E-state index contributed by atoms with van der Waals surface area (Å²) in [6, 6.07) is 4.55. The first-order valence-corrected chi connectivity index (χ1v) is 7.87. The number of rotatable bonds is 5. The van der Waals surface area contributed by atoms with Crippen LogP contribution in [-0.2, 0) is 14.4 Å². The van der Waals surface area contributed by atoms with Crippen molar-refractivity contribution in [1.82, 2.24) is 9.80 Å². The number of halogens is 1. The normalized spacial score (nSPS) is 14.7. The van der Waals surface area contributed by atoms with Gasteiger partial charge < -0.3 is 5.32 Å². The Bertz CT molecular complexity index is 689. The summed E-state index contributed by atoms with van der Waals surface area (Å²) in [5.41, 5.74) is 1.41. The maximum absolute atomic E-state index is 12.1. The van der Waals surface area contributed by atoms with E-state index in [1.165, 1.54) is 0 Å². The fraction of sp³-hybridized carbons (Fsp3) is 0.333. The molecule has 1 heterocycles. The standard InChI is InChI=1S/C15H16BrN3O4/c1-3-6-18-13(21)14(22)19(15(18)23)8-12(20)17-11-5-4-10(16)7-9(11)2/h4-5,7H,3,6,8H2,1-2H3,(H,17,20). The molecule has 5 amide bonds. The number of amides is 5. The Labute approximate surface area is 141 Å². The van der Waals surface area contributed by atoms with Crippen LogP contribution >= 0.6 is 15.9 Å². The van der Waals surface area contributed by atoms with Gasteiger partial charge in [-0.3, -0.25) is 19.3 Å². The van der Waals surface area contributed by atoms with Gasteiger partial charge in [-0.15, -0.1) is 0 Å². The van der Waals surface area contributed by atoms with Gasteiger partial charge in [0.1, 0.15) is 6.54 Å². The highest BCUT2D eigenvalue weighted by Gasteiger charge is 2.44. The monoisotopic (exact) mass is 381 g/mol. The molecule has 1 aliphatic rings. The van der Waals surface area contributed by atoms with E-state index in [1.54, 1.807) is 19.1 Å². The van der Waals surface area contributed by atoms with Crippen LogP contribution in [0.2, 0.25) is 0 Å². The van der Waals surface area contributed by atoms with Crippen molar-refractivity contribution < 1.29 is 19.2 Å². The number of nitrogens with zero attached hydrogens (tertiary/aromatic N) is 2. The third-order valence-electron chi connectivity index (χ3n) is 3.35. The van der Waals surface area contributed by atoms with Crippen LogP contribution in [0.4, 0.5) is 10.5 Å². The van der Waals surface area contributed by atoms with Crippen molar-refractivity contribution >= 4 is 45.4 Å². The van der Waals surface area contributed by atoms with Gasteiger partial charge in [0.05, 0.1) is 0 Å². The largest absolute Gasteiger partial charge is 0.334 e. The quantitative estimate of drug-likeness (QED) is 0.623. The number of hydrogen-bond donors (Lipinski definition) is 1. The summed E-state index contributed by atoms with van der Waals surface area (Å²) in [4.78, 5) is 49.2. The maximum Gasteiger partial charge on any atom is 0.334 e. The van der Waals surface area contributed by atoms with E-state index in [9.17, 15) is 19.2 Å². The number of imide groups is 2. The lowest BCUT2D eigenvalue weighted by atomic mass is 10.2. The van der Waals surface area contributed by atoms with E-state index >= 15 is 0 Å². The second kappa shape index (κ2) is 6.91. The molecule has 0 atom stereocenters. The van der Waals surface area contributed by atoms with Gasteiger partial charge in [0.25, 0.3) is 0 Å². The Balaban J connectivity index is 2.06. The van der Waals surface area contributed by atoms with Crippen LogP contribution in [0, 0.1) is 6.92 Å². The summed E-state index contributed by atoms with van der Waals surface area (Å²) < 4.78 is 0.874. The Kier molecular flexibility index (Phi) is 5.15. The lowest BCUT2D eigenvalue weighted by molar-refractivity contribution is -0.143. The molecule has 0 radical (unpaired) electrons. The molecule has 1 fully saturated rings. The molecule has 8 heteroatoms. The van der Waals surface area contributed by atoms with E-state index < -0.39 is 30.3 Å². The van der Waals surface area contributed by atoms with Crippen molar-refractivity contribution in [3.63, 3.8) is 0 Å². The van der Waals surface area contributed by atoms with E-state index in [0.29, 0.717) is 17.0 Å². The average molecular weight is 382 g/mol. The lowest BCUT2D eigenvalue weighted by Gasteiger charge is -2.15. The van der Waals surface area contributed by atoms with Gasteiger partial charge in [0.2, 0.25) is 5.91 Å². The zero-order chi connectivity index (χ0) is 17.1. The molecule has 23 heavy (non-hydrogen) atoms. The topological polar surface area (TPSA) is 86.8 Å². The SMILES string of the molecule is CCCN1C(=O)C(=O)N(CC(=O)Nc2ccc(Br)cc2C)C1=O. The van der Waals surface area contributed by atoms with Crippen molar-refractivity contribution in [3.8, 4) is 0 Å². The summed E-state index contributed by atoms with van der Waals surface area (Å²) in [5.74, 6) is -2.39. The van der Waals surface area contributed by atoms with Crippen LogP contribution in [-0.4, -0.2) is 46.6 Å². The molecule has 0 saturated carbocycles. The number of carbonyl (C=O) groups is 4. The van der Waals surface area contributed by atoms with E-state index in [4.69, 9.17) is 0 Å². The number of hydrogen-bond acceptors (Lipinski definition) is 4. The van der Waals surface area contributed by atoms with Gasteiger partial charge in [0, 0.05) is 16.7 Å². The Morgan fingerprint density at radius 1 is 1.17 bits per heavy atom. The van der Waals surface area contributed by atoms with Gasteiger partial charge in [-0.2, -0.15) is 0 Å². The first-order valence-electron chi connectivity index (χ1n) is 7.08. The number of anilines is 1. The number of carbonyl (C=O) groups excluding carboxylic acids is 4. The highest BCUT2D eigenvalue weighted by molar-refractivity contribution is 9.10. The van der Waals surface area contributed by atoms with E-state index in [2.05, 4.69) is 21.2 Å². The number of nitrogens with one attached hydrogen (secondary N) is 1. The minimum atomic E-state index is -0.967. The molecule has 0 unspecified atom stereocenters. The first kappa shape index (κ1) is 17.1. The minimum absolute atomic E-state index is 0.160. The van der Waals surface area contributed by atoms with E-state index in [-0.39, 0.29) is 6.54 Å². The molecule has 2 rings (SSSR count). The number of aryl methyl sites for hydroxylation is 1. The summed E-state index contributed by atoms with van der Waals surface area (Å²) in [7, 11) is 0. The van der Waals surface area contributed by atoms with Crippen molar-refractivity contribution in [2.24, 2.45) is 0 Å². The zero-order valence-corrected chi connectivity index (χ0v) is 14.3. The van der Waals surface area contributed by atoms with Crippen molar-refractivity contribution in [2.75, 3.05) is 18.4 Å². The Hall–Kier alpha value is -2.22. The van der Waals surface area contributed by atoms with Crippen LogP contribution in [0.15, 0.2) is 22.7 Å². The number of urea groups is 1. The Morgan fingerprint density at radius 3 is 2.43 bits per heavy atom. The molecule has 1 aliphatic heterocycles. The highest BCUT2D eigenvalue weighted by Crippen LogP contribution is 2.20. The molecule has 0 aromatic heterocycles. The molecule has 7 nitrogen and oxygen atoms in total. The number of benzene rings is 1. The van der Waals surface area contributed by atoms with Crippen molar-refractivity contribution in [3.05, 3.63) is 28.2 Å². The molecule has 1 aromatic carbocycles. The lowest BCUT2D eigenvalue weighted by Crippen LogP contribution is -2.39. The van der Waals surface area contributed by atoms with Crippen LogP contribution in [0.1, 0.15) is 18.9 Å². The molecule has 0 bridgehead atoms. The van der Waals surface area contributed by atoms with Crippen LogP contribution in [0.25, 0.3) is 0 Å². The van der Waals surface area contributed by atoms with Gasteiger partial charge in [-0.05, 0) is 37.1 Å². The summed E-state index contributed by atoms with van der Waals surface area (Å²) in [6.45, 7) is 3.28. The summed E-state index contributed by atoms with van der Waals surface area (Å²) in [5, 5.41) is 2.63. The Morgan fingerprint density at radius 2 is 1.83 bits per heavy atom. The average Bonchev–Trinajstić information content (AvgIpc) is 2.68.